The lowest BCUT2D eigenvalue weighted by Crippen LogP contribution is -2.21. The average molecular weight is 197 g/mol. The molecular weight excluding hydrogens is 182 g/mol. The van der Waals surface area contributed by atoms with Crippen molar-refractivity contribution in [1.82, 2.24) is 15.3 Å². The number of imidazole rings is 1. The summed E-state index contributed by atoms with van der Waals surface area (Å²) >= 11 is 0. The van der Waals surface area contributed by atoms with Crippen molar-refractivity contribution in [3.05, 3.63) is 18.2 Å². The van der Waals surface area contributed by atoms with E-state index in [4.69, 9.17) is 0 Å². The molecule has 0 radical (unpaired) electrons. The molecule has 1 aromatic heterocycles. The summed E-state index contributed by atoms with van der Waals surface area (Å²) in [4.78, 5) is 17.7. The van der Waals surface area contributed by atoms with Crippen molar-refractivity contribution in [3.63, 3.8) is 0 Å². The van der Waals surface area contributed by atoms with Crippen LogP contribution in [0.1, 0.15) is 12.1 Å². The van der Waals surface area contributed by atoms with Gasteiger partial charge in [-0.05, 0) is 0 Å². The summed E-state index contributed by atoms with van der Waals surface area (Å²) in [6, 6.07) is 0. The normalized spacial score (nSPS) is 10.1. The molecule has 0 fully saturated rings. The average Bonchev–Trinajstić information content (AvgIpc) is 2.69. The van der Waals surface area contributed by atoms with Crippen LogP contribution < -0.4 is 5.32 Å². The lowest BCUT2D eigenvalue weighted by Gasteiger charge is -2.01. The Hall–Kier alpha value is -1.36. The number of methoxy groups -OCH3 is 1. The van der Waals surface area contributed by atoms with Gasteiger partial charge in [0, 0.05) is 25.7 Å². The molecule has 1 heterocycles. The van der Waals surface area contributed by atoms with Gasteiger partial charge < -0.3 is 15.0 Å². The number of aromatic nitrogens is 2. The zero-order chi connectivity index (χ0) is 10.2. The maximum absolute atomic E-state index is 10.7. The molecule has 0 spiro atoms. The largest absolute Gasteiger partial charge is 0.469 e. The van der Waals surface area contributed by atoms with Gasteiger partial charge in [0.05, 0.1) is 25.6 Å². The van der Waals surface area contributed by atoms with E-state index in [1.807, 2.05) is 6.20 Å². The van der Waals surface area contributed by atoms with E-state index in [0.29, 0.717) is 13.0 Å². The van der Waals surface area contributed by atoms with Crippen LogP contribution in [0.2, 0.25) is 0 Å². The number of esters is 1. The number of nitrogens with one attached hydrogen (secondary N) is 2. The SMILES string of the molecule is COC(=O)CCNCCc1c[nH]cn1. The smallest absolute Gasteiger partial charge is 0.306 e. The topological polar surface area (TPSA) is 67.0 Å². The van der Waals surface area contributed by atoms with Crippen molar-refractivity contribution in [2.24, 2.45) is 0 Å². The summed E-state index contributed by atoms with van der Waals surface area (Å²) in [5.74, 6) is -0.183. The van der Waals surface area contributed by atoms with Gasteiger partial charge in [0.2, 0.25) is 0 Å². The molecule has 1 rings (SSSR count). The molecule has 0 atom stereocenters. The molecule has 0 aliphatic heterocycles. The Morgan fingerprint density at radius 3 is 3.14 bits per heavy atom. The summed E-state index contributed by atoms with van der Waals surface area (Å²) in [6.45, 7) is 1.47. The zero-order valence-electron chi connectivity index (χ0n) is 8.25. The number of hydrogen-bond acceptors (Lipinski definition) is 4. The Bertz CT molecular complexity index is 259. The van der Waals surface area contributed by atoms with Gasteiger partial charge >= 0.3 is 5.97 Å². The molecule has 1 aromatic rings. The monoisotopic (exact) mass is 197 g/mol. The van der Waals surface area contributed by atoms with Crippen LogP contribution in [0.3, 0.4) is 0 Å². The molecule has 5 nitrogen and oxygen atoms in total. The predicted octanol–water partition coefficient (Wildman–Crippen LogP) is 0.105. The summed E-state index contributed by atoms with van der Waals surface area (Å²) in [6.07, 6.45) is 4.80. The first-order valence-electron chi connectivity index (χ1n) is 4.58. The van der Waals surface area contributed by atoms with E-state index in [9.17, 15) is 4.79 Å². The van der Waals surface area contributed by atoms with E-state index < -0.39 is 0 Å². The molecule has 2 N–H and O–H groups in total. The number of carbonyl (C=O) groups excluding carboxylic acids is 1. The van der Waals surface area contributed by atoms with Gasteiger partial charge in [-0.3, -0.25) is 4.79 Å². The van der Waals surface area contributed by atoms with Crippen LogP contribution in [0.5, 0.6) is 0 Å². The Labute approximate surface area is 82.9 Å². The van der Waals surface area contributed by atoms with E-state index >= 15 is 0 Å². The van der Waals surface area contributed by atoms with Crippen LogP contribution in [0.15, 0.2) is 12.5 Å². The van der Waals surface area contributed by atoms with Crippen molar-refractivity contribution in [3.8, 4) is 0 Å². The van der Waals surface area contributed by atoms with Crippen molar-refractivity contribution in [2.75, 3.05) is 20.2 Å². The summed E-state index contributed by atoms with van der Waals surface area (Å²) in [7, 11) is 1.39. The molecule has 0 saturated carbocycles. The van der Waals surface area contributed by atoms with Crippen LogP contribution in [-0.2, 0) is 16.0 Å². The molecule has 0 aromatic carbocycles. The minimum atomic E-state index is -0.183. The van der Waals surface area contributed by atoms with Crippen LogP contribution >= 0.6 is 0 Å². The van der Waals surface area contributed by atoms with E-state index in [1.54, 1.807) is 6.33 Å². The fourth-order valence-electron chi connectivity index (χ4n) is 1.06. The van der Waals surface area contributed by atoms with Crippen molar-refractivity contribution in [2.45, 2.75) is 12.8 Å². The first kappa shape index (κ1) is 10.7. The second kappa shape index (κ2) is 6.15. The highest BCUT2D eigenvalue weighted by atomic mass is 16.5. The van der Waals surface area contributed by atoms with Gasteiger partial charge in [-0.15, -0.1) is 0 Å². The van der Waals surface area contributed by atoms with Gasteiger partial charge in [0.1, 0.15) is 0 Å². The Balaban J connectivity index is 1.97. The highest BCUT2D eigenvalue weighted by Crippen LogP contribution is 1.90. The Morgan fingerprint density at radius 2 is 2.50 bits per heavy atom. The van der Waals surface area contributed by atoms with Crippen LogP contribution in [0, 0.1) is 0 Å². The number of aromatic amines is 1. The van der Waals surface area contributed by atoms with Crippen LogP contribution in [0.25, 0.3) is 0 Å². The number of hydrogen-bond donors (Lipinski definition) is 2. The fourth-order valence-corrected chi connectivity index (χ4v) is 1.06. The number of nitrogens with zero attached hydrogens (tertiary/aromatic N) is 1. The Morgan fingerprint density at radius 1 is 1.64 bits per heavy atom. The van der Waals surface area contributed by atoms with Crippen molar-refractivity contribution in [1.29, 1.82) is 0 Å². The third-order valence-corrected chi connectivity index (χ3v) is 1.85. The molecule has 0 aliphatic carbocycles. The number of carbonyl (C=O) groups is 1. The lowest BCUT2D eigenvalue weighted by molar-refractivity contribution is -0.140. The van der Waals surface area contributed by atoms with Crippen molar-refractivity contribution < 1.29 is 9.53 Å². The minimum absolute atomic E-state index is 0.183. The van der Waals surface area contributed by atoms with Crippen LogP contribution in [-0.4, -0.2) is 36.1 Å². The predicted molar refractivity (Wildman–Crippen MR) is 51.8 cm³/mol. The second-order valence-electron chi connectivity index (χ2n) is 2.89. The zero-order valence-corrected chi connectivity index (χ0v) is 8.25. The molecule has 0 saturated heterocycles. The number of ether oxygens (including phenoxy) is 1. The molecule has 78 valence electrons. The van der Waals surface area contributed by atoms with E-state index in [0.717, 1.165) is 18.7 Å². The highest BCUT2D eigenvalue weighted by Gasteiger charge is 1.98. The van der Waals surface area contributed by atoms with Crippen molar-refractivity contribution >= 4 is 5.97 Å². The first-order chi connectivity index (χ1) is 6.83. The van der Waals surface area contributed by atoms with Gasteiger partial charge in [0.15, 0.2) is 0 Å². The second-order valence-corrected chi connectivity index (χ2v) is 2.89. The third-order valence-electron chi connectivity index (χ3n) is 1.85. The van der Waals surface area contributed by atoms with E-state index in [2.05, 4.69) is 20.0 Å². The van der Waals surface area contributed by atoms with Gasteiger partial charge in [-0.25, -0.2) is 4.98 Å². The molecular formula is C9H15N3O2. The minimum Gasteiger partial charge on any atom is -0.469 e. The standard InChI is InChI=1S/C9H15N3O2/c1-14-9(13)3-5-10-4-2-8-6-11-7-12-8/h6-7,10H,2-5H2,1H3,(H,11,12). The summed E-state index contributed by atoms with van der Waals surface area (Å²) in [5, 5.41) is 3.13. The molecule has 0 aliphatic rings. The Kier molecular flexibility index (Phi) is 4.71. The maximum atomic E-state index is 10.7. The third kappa shape index (κ3) is 4.04. The summed E-state index contributed by atoms with van der Waals surface area (Å²) < 4.78 is 4.51. The first-order valence-corrected chi connectivity index (χ1v) is 4.58. The number of H-pyrrole nitrogens is 1. The fraction of sp³-hybridized carbons (Fsp3) is 0.556. The maximum Gasteiger partial charge on any atom is 0.306 e. The molecule has 0 unspecified atom stereocenters. The lowest BCUT2D eigenvalue weighted by atomic mass is 10.3. The van der Waals surface area contributed by atoms with E-state index in [1.165, 1.54) is 7.11 Å². The van der Waals surface area contributed by atoms with Gasteiger partial charge in [0.25, 0.3) is 0 Å². The number of rotatable bonds is 6. The molecule has 14 heavy (non-hydrogen) atoms. The van der Waals surface area contributed by atoms with Crippen LogP contribution in [0.4, 0.5) is 0 Å². The molecule has 0 amide bonds. The van der Waals surface area contributed by atoms with E-state index in [-0.39, 0.29) is 5.97 Å². The van der Waals surface area contributed by atoms with Gasteiger partial charge in [-0.1, -0.05) is 0 Å². The van der Waals surface area contributed by atoms with Gasteiger partial charge in [-0.2, -0.15) is 0 Å². The summed E-state index contributed by atoms with van der Waals surface area (Å²) in [5.41, 5.74) is 1.02. The highest BCUT2D eigenvalue weighted by molar-refractivity contribution is 5.69. The molecule has 0 bridgehead atoms. The molecule has 5 heteroatoms. The quantitative estimate of drug-likeness (QED) is 0.501.